The number of carbonyl (C=O) groups excluding carboxylic acids is 1. The van der Waals surface area contributed by atoms with Crippen LogP contribution < -0.4 is 5.73 Å². The zero-order chi connectivity index (χ0) is 12.1. The van der Waals surface area contributed by atoms with E-state index in [9.17, 15) is 13.6 Å². The SMILES string of the molecule is CC(C)(N)CC(=O)N(CCO)CC(F)F. The van der Waals surface area contributed by atoms with Crippen LogP contribution in [0.5, 0.6) is 0 Å². The zero-order valence-electron chi connectivity index (χ0n) is 9.04. The highest BCUT2D eigenvalue weighted by atomic mass is 19.3. The third-order valence-corrected chi connectivity index (χ3v) is 1.69. The van der Waals surface area contributed by atoms with E-state index in [1.807, 2.05) is 0 Å². The van der Waals surface area contributed by atoms with E-state index in [1.165, 1.54) is 0 Å². The molecule has 0 aliphatic heterocycles. The van der Waals surface area contributed by atoms with Crippen LogP contribution in [0.2, 0.25) is 0 Å². The fourth-order valence-corrected chi connectivity index (χ4v) is 1.11. The summed E-state index contributed by atoms with van der Waals surface area (Å²) in [6.07, 6.45) is -2.61. The minimum atomic E-state index is -2.60. The van der Waals surface area contributed by atoms with Crippen molar-refractivity contribution in [3.8, 4) is 0 Å². The molecule has 0 saturated carbocycles. The third kappa shape index (κ3) is 7.21. The molecule has 3 N–H and O–H groups in total. The molecule has 0 spiro atoms. The van der Waals surface area contributed by atoms with Gasteiger partial charge in [0.05, 0.1) is 13.2 Å². The summed E-state index contributed by atoms with van der Waals surface area (Å²) in [6.45, 7) is 2.22. The number of nitrogens with two attached hydrogens (primary N) is 1. The Balaban J connectivity index is 4.28. The number of amides is 1. The van der Waals surface area contributed by atoms with Crippen LogP contribution in [0.25, 0.3) is 0 Å². The topological polar surface area (TPSA) is 66.6 Å². The molecule has 0 aromatic heterocycles. The smallest absolute Gasteiger partial charge is 0.255 e. The van der Waals surface area contributed by atoms with E-state index >= 15 is 0 Å². The van der Waals surface area contributed by atoms with Gasteiger partial charge >= 0.3 is 0 Å². The number of nitrogens with zero attached hydrogens (tertiary/aromatic N) is 1. The second-order valence-corrected chi connectivity index (χ2v) is 4.12. The highest BCUT2D eigenvalue weighted by molar-refractivity contribution is 5.77. The monoisotopic (exact) mass is 224 g/mol. The van der Waals surface area contributed by atoms with E-state index in [1.54, 1.807) is 13.8 Å². The molecule has 0 bridgehead atoms. The fraction of sp³-hybridized carbons (Fsp3) is 0.889. The lowest BCUT2D eigenvalue weighted by Crippen LogP contribution is -2.43. The normalized spacial score (nSPS) is 11.9. The summed E-state index contributed by atoms with van der Waals surface area (Å²) in [5, 5.41) is 8.63. The van der Waals surface area contributed by atoms with Crippen molar-refractivity contribution >= 4 is 5.91 Å². The van der Waals surface area contributed by atoms with Crippen molar-refractivity contribution < 1.29 is 18.7 Å². The van der Waals surface area contributed by atoms with Crippen LogP contribution in [-0.2, 0) is 4.79 Å². The molecule has 0 aliphatic carbocycles. The maximum atomic E-state index is 12.1. The van der Waals surface area contributed by atoms with Crippen LogP contribution in [-0.4, -0.2) is 47.6 Å². The van der Waals surface area contributed by atoms with Gasteiger partial charge in [-0.25, -0.2) is 8.78 Å². The fourth-order valence-electron chi connectivity index (χ4n) is 1.11. The van der Waals surface area contributed by atoms with Gasteiger partial charge in [0.25, 0.3) is 6.43 Å². The molecular formula is C9H18F2N2O2. The highest BCUT2D eigenvalue weighted by Crippen LogP contribution is 2.08. The van der Waals surface area contributed by atoms with Crippen molar-refractivity contribution in [1.29, 1.82) is 0 Å². The number of hydrogen-bond acceptors (Lipinski definition) is 3. The van der Waals surface area contributed by atoms with E-state index in [0.29, 0.717) is 0 Å². The summed E-state index contributed by atoms with van der Waals surface area (Å²) in [7, 11) is 0. The minimum absolute atomic E-state index is 0.0142. The van der Waals surface area contributed by atoms with Crippen LogP contribution >= 0.6 is 0 Å². The average Bonchev–Trinajstić information content (AvgIpc) is 1.99. The van der Waals surface area contributed by atoms with Crippen molar-refractivity contribution in [1.82, 2.24) is 4.90 Å². The first-order chi connectivity index (χ1) is 6.76. The van der Waals surface area contributed by atoms with Crippen LogP contribution in [0, 0.1) is 0 Å². The van der Waals surface area contributed by atoms with Gasteiger partial charge in [-0.3, -0.25) is 4.79 Å². The number of rotatable bonds is 6. The molecule has 15 heavy (non-hydrogen) atoms. The van der Waals surface area contributed by atoms with Crippen molar-refractivity contribution in [3.63, 3.8) is 0 Å². The molecular weight excluding hydrogens is 206 g/mol. The number of alkyl halides is 2. The summed E-state index contributed by atoms with van der Waals surface area (Å²) < 4.78 is 24.2. The standard InChI is InChI=1S/C9H18F2N2O2/c1-9(2,12)5-8(15)13(3-4-14)6-7(10)11/h7,14H,3-6,12H2,1-2H3. The molecule has 0 aliphatic rings. The lowest BCUT2D eigenvalue weighted by molar-refractivity contribution is -0.134. The molecule has 0 rings (SSSR count). The number of halogens is 2. The van der Waals surface area contributed by atoms with Gasteiger partial charge in [0.2, 0.25) is 5.91 Å². The first kappa shape index (κ1) is 14.2. The molecule has 90 valence electrons. The van der Waals surface area contributed by atoms with Gasteiger partial charge in [0.15, 0.2) is 0 Å². The maximum Gasteiger partial charge on any atom is 0.255 e. The summed E-state index contributed by atoms with van der Waals surface area (Å²) in [5.41, 5.74) is 4.87. The second kappa shape index (κ2) is 5.97. The Bertz CT molecular complexity index is 205. The van der Waals surface area contributed by atoms with Crippen molar-refractivity contribution in [2.75, 3.05) is 19.7 Å². The molecule has 0 fully saturated rings. The number of carbonyl (C=O) groups is 1. The highest BCUT2D eigenvalue weighted by Gasteiger charge is 2.23. The Morgan fingerprint density at radius 1 is 1.53 bits per heavy atom. The summed E-state index contributed by atoms with van der Waals surface area (Å²) >= 11 is 0. The Hall–Kier alpha value is -0.750. The van der Waals surface area contributed by atoms with Crippen molar-refractivity contribution in [2.24, 2.45) is 5.73 Å². The number of aliphatic hydroxyl groups excluding tert-OH is 1. The Morgan fingerprint density at radius 3 is 2.40 bits per heavy atom. The third-order valence-electron chi connectivity index (χ3n) is 1.69. The molecule has 0 atom stereocenters. The lowest BCUT2D eigenvalue weighted by atomic mass is 10.0. The molecule has 0 aromatic rings. The molecule has 0 radical (unpaired) electrons. The lowest BCUT2D eigenvalue weighted by Gasteiger charge is -2.25. The van der Waals surface area contributed by atoms with Crippen LogP contribution in [0.3, 0.4) is 0 Å². The van der Waals surface area contributed by atoms with Gasteiger partial charge < -0.3 is 15.7 Å². The van der Waals surface area contributed by atoms with Crippen LogP contribution in [0.15, 0.2) is 0 Å². The number of aliphatic hydroxyl groups is 1. The van der Waals surface area contributed by atoms with E-state index < -0.39 is 24.4 Å². The van der Waals surface area contributed by atoms with Gasteiger partial charge in [-0.1, -0.05) is 0 Å². The first-order valence-corrected chi connectivity index (χ1v) is 4.72. The zero-order valence-corrected chi connectivity index (χ0v) is 9.04. The van der Waals surface area contributed by atoms with Crippen LogP contribution in [0.4, 0.5) is 8.78 Å². The predicted octanol–water partition coefficient (Wildman–Crippen LogP) is 0.200. The maximum absolute atomic E-state index is 12.1. The Morgan fingerprint density at radius 2 is 2.07 bits per heavy atom. The molecule has 4 nitrogen and oxygen atoms in total. The molecule has 6 heteroatoms. The largest absolute Gasteiger partial charge is 0.395 e. The molecule has 0 unspecified atom stereocenters. The summed E-state index contributed by atoms with van der Waals surface area (Å²) in [5.74, 6) is -0.461. The minimum Gasteiger partial charge on any atom is -0.395 e. The predicted molar refractivity (Wildman–Crippen MR) is 52.6 cm³/mol. The molecule has 0 aromatic carbocycles. The van der Waals surface area contributed by atoms with Gasteiger partial charge in [-0.15, -0.1) is 0 Å². The van der Waals surface area contributed by atoms with E-state index in [-0.39, 0.29) is 19.6 Å². The Kier molecular flexibility index (Phi) is 5.67. The van der Waals surface area contributed by atoms with E-state index in [4.69, 9.17) is 10.8 Å². The second-order valence-electron chi connectivity index (χ2n) is 4.12. The van der Waals surface area contributed by atoms with Gasteiger partial charge in [0.1, 0.15) is 0 Å². The van der Waals surface area contributed by atoms with Gasteiger partial charge in [0, 0.05) is 18.5 Å². The van der Waals surface area contributed by atoms with Gasteiger partial charge in [-0.2, -0.15) is 0 Å². The van der Waals surface area contributed by atoms with Crippen molar-refractivity contribution in [3.05, 3.63) is 0 Å². The summed E-state index contributed by atoms with van der Waals surface area (Å²) in [6, 6.07) is 0. The first-order valence-electron chi connectivity index (χ1n) is 4.72. The molecule has 1 amide bonds. The van der Waals surface area contributed by atoms with Crippen molar-refractivity contribution in [2.45, 2.75) is 32.2 Å². The Labute approximate surface area is 88.0 Å². The number of hydrogen-bond donors (Lipinski definition) is 2. The van der Waals surface area contributed by atoms with E-state index in [2.05, 4.69) is 0 Å². The van der Waals surface area contributed by atoms with Gasteiger partial charge in [-0.05, 0) is 13.8 Å². The van der Waals surface area contributed by atoms with E-state index in [0.717, 1.165) is 4.90 Å². The molecule has 0 saturated heterocycles. The molecule has 0 heterocycles. The van der Waals surface area contributed by atoms with Crippen LogP contribution in [0.1, 0.15) is 20.3 Å². The average molecular weight is 224 g/mol. The summed E-state index contributed by atoms with van der Waals surface area (Å²) in [4.78, 5) is 12.4. The quantitative estimate of drug-likeness (QED) is 0.677.